The summed E-state index contributed by atoms with van der Waals surface area (Å²) < 4.78 is 6.46. The Labute approximate surface area is 243 Å². The summed E-state index contributed by atoms with van der Waals surface area (Å²) in [6.45, 7) is 2.17. The predicted octanol–water partition coefficient (Wildman–Crippen LogP) is 9.78. The number of fused-ring (bicyclic) bond motifs is 8. The maximum absolute atomic E-state index is 6.46. The molecule has 42 heavy (non-hydrogen) atoms. The summed E-state index contributed by atoms with van der Waals surface area (Å²) in [5.74, 6) is 1.24. The monoisotopic (exact) mass is 538 g/mol. The molecule has 7 aromatic rings. The van der Waals surface area contributed by atoms with E-state index in [9.17, 15) is 0 Å². The molecule has 1 aliphatic heterocycles. The van der Waals surface area contributed by atoms with Gasteiger partial charge in [0.15, 0.2) is 0 Å². The Balaban J connectivity index is 1.17. The third-order valence-electron chi connectivity index (χ3n) is 9.02. The molecule has 2 aromatic heterocycles. The van der Waals surface area contributed by atoms with Gasteiger partial charge in [-0.05, 0) is 70.8 Å². The summed E-state index contributed by atoms with van der Waals surface area (Å²) in [6, 6.07) is 37.0. The van der Waals surface area contributed by atoms with Crippen molar-refractivity contribution in [3.8, 4) is 28.0 Å². The normalized spacial score (nSPS) is 18.9. The topological polar surface area (TPSA) is 35.0 Å². The molecule has 3 heterocycles. The van der Waals surface area contributed by atoms with Crippen LogP contribution in [-0.2, 0) is 0 Å². The average molecular weight is 539 g/mol. The van der Waals surface area contributed by atoms with Crippen molar-refractivity contribution in [2.45, 2.75) is 18.4 Å². The molecule has 0 amide bonds. The van der Waals surface area contributed by atoms with Crippen molar-refractivity contribution in [2.24, 2.45) is 0 Å². The van der Waals surface area contributed by atoms with Gasteiger partial charge in [0.1, 0.15) is 11.4 Å². The van der Waals surface area contributed by atoms with Gasteiger partial charge in [0, 0.05) is 39.4 Å². The summed E-state index contributed by atoms with van der Waals surface area (Å²) in [5.41, 5.74) is 8.53. The van der Waals surface area contributed by atoms with E-state index in [4.69, 9.17) is 14.7 Å². The van der Waals surface area contributed by atoms with Crippen molar-refractivity contribution in [1.29, 1.82) is 0 Å². The summed E-state index contributed by atoms with van der Waals surface area (Å²) in [4.78, 5) is 9.78. The molecular formula is C39H26N2O. The molecule has 2 atom stereocenters. The molecule has 9 rings (SSSR count). The van der Waals surface area contributed by atoms with Crippen LogP contribution in [0, 0.1) is 0 Å². The minimum absolute atomic E-state index is 0.260. The van der Waals surface area contributed by atoms with Crippen molar-refractivity contribution in [2.75, 3.05) is 0 Å². The van der Waals surface area contributed by atoms with Gasteiger partial charge in [-0.1, -0.05) is 91.0 Å². The fourth-order valence-electron chi connectivity index (χ4n) is 6.91. The first-order valence-electron chi connectivity index (χ1n) is 14.4. The third kappa shape index (κ3) is 3.40. The number of benzene rings is 5. The highest BCUT2D eigenvalue weighted by Gasteiger charge is 2.42. The van der Waals surface area contributed by atoms with E-state index in [1.807, 2.05) is 12.3 Å². The molecular weight excluding hydrogens is 512 g/mol. The van der Waals surface area contributed by atoms with Crippen LogP contribution in [0.5, 0.6) is 5.75 Å². The van der Waals surface area contributed by atoms with Crippen molar-refractivity contribution < 1.29 is 4.74 Å². The molecule has 0 spiro atoms. The van der Waals surface area contributed by atoms with E-state index in [-0.39, 0.29) is 11.5 Å². The van der Waals surface area contributed by atoms with Crippen LogP contribution in [0.15, 0.2) is 134 Å². The second-order valence-corrected chi connectivity index (χ2v) is 11.6. The van der Waals surface area contributed by atoms with Gasteiger partial charge in [-0.15, -0.1) is 0 Å². The van der Waals surface area contributed by atoms with Crippen LogP contribution in [0.25, 0.3) is 65.7 Å². The van der Waals surface area contributed by atoms with Crippen LogP contribution in [0.3, 0.4) is 0 Å². The van der Waals surface area contributed by atoms with Crippen LogP contribution in [0.2, 0.25) is 0 Å². The van der Waals surface area contributed by atoms with E-state index >= 15 is 0 Å². The van der Waals surface area contributed by atoms with E-state index in [1.54, 1.807) is 0 Å². The lowest BCUT2D eigenvalue weighted by molar-refractivity contribution is 0.155. The number of pyridine rings is 2. The fraction of sp³-hybridized carbons (Fsp3) is 0.0769. The Hall–Kier alpha value is -5.28. The minimum atomic E-state index is -0.306. The number of hydrogen-bond acceptors (Lipinski definition) is 3. The van der Waals surface area contributed by atoms with Crippen LogP contribution < -0.4 is 4.74 Å². The van der Waals surface area contributed by atoms with Gasteiger partial charge in [-0.3, -0.25) is 4.98 Å². The lowest BCUT2D eigenvalue weighted by atomic mass is 9.82. The van der Waals surface area contributed by atoms with Gasteiger partial charge in [0.05, 0.1) is 16.6 Å². The zero-order valence-corrected chi connectivity index (χ0v) is 23.1. The number of nitrogens with zero attached hydrogens (tertiary/aromatic N) is 2. The molecule has 0 saturated heterocycles. The van der Waals surface area contributed by atoms with E-state index in [0.29, 0.717) is 0 Å². The SMILES string of the molecule is CC12C=CC=CC1c1ccc(-c3ccc4cc(-c5c6ccccc6nc6c5ccc5cccnc56)ccc4c3)cc1O2. The zero-order chi connectivity index (χ0) is 27.8. The number of rotatable bonds is 2. The molecule has 198 valence electrons. The Morgan fingerprint density at radius 3 is 2.38 bits per heavy atom. The van der Waals surface area contributed by atoms with E-state index in [1.165, 1.54) is 38.6 Å². The Morgan fingerprint density at radius 1 is 0.667 bits per heavy atom. The van der Waals surface area contributed by atoms with Crippen molar-refractivity contribution in [3.05, 3.63) is 139 Å². The summed E-state index contributed by atoms with van der Waals surface area (Å²) in [6.07, 6.45) is 10.5. The molecule has 0 fully saturated rings. The maximum Gasteiger partial charge on any atom is 0.135 e. The third-order valence-corrected chi connectivity index (χ3v) is 9.02. The van der Waals surface area contributed by atoms with Gasteiger partial charge in [-0.2, -0.15) is 0 Å². The highest BCUT2D eigenvalue weighted by atomic mass is 16.5. The van der Waals surface area contributed by atoms with Crippen molar-refractivity contribution in [1.82, 2.24) is 9.97 Å². The number of aromatic nitrogens is 2. The molecule has 2 aliphatic rings. The lowest BCUT2D eigenvalue weighted by Gasteiger charge is -2.27. The fourth-order valence-corrected chi connectivity index (χ4v) is 6.91. The molecule has 0 bridgehead atoms. The standard InChI is InChI=1S/C39H26N2O/c1-39-19-5-4-9-33(39)30-17-16-28(23-35(30)42-39)26-11-12-27-22-29(14-13-25(27)21-26)36-31-8-2-3-10-34(31)41-38-32(36)18-15-24-7-6-20-40-37(24)38/h2-23,33H,1H3. The largest absolute Gasteiger partial charge is 0.482 e. The van der Waals surface area contributed by atoms with Crippen LogP contribution in [0.1, 0.15) is 18.4 Å². The highest BCUT2D eigenvalue weighted by Crippen LogP contribution is 2.49. The molecule has 2 unspecified atom stereocenters. The molecule has 0 N–H and O–H groups in total. The molecule has 0 saturated carbocycles. The number of hydrogen-bond donors (Lipinski definition) is 0. The first-order chi connectivity index (χ1) is 20.6. The number of ether oxygens (including phenoxy) is 1. The van der Waals surface area contributed by atoms with Crippen LogP contribution in [-0.4, -0.2) is 15.6 Å². The molecule has 0 radical (unpaired) electrons. The molecule has 3 heteroatoms. The zero-order valence-electron chi connectivity index (χ0n) is 23.1. The lowest BCUT2D eigenvalue weighted by Crippen LogP contribution is -2.32. The molecule has 1 aliphatic carbocycles. The Morgan fingerprint density at radius 2 is 1.45 bits per heavy atom. The van der Waals surface area contributed by atoms with Crippen LogP contribution >= 0.6 is 0 Å². The van der Waals surface area contributed by atoms with Gasteiger partial charge in [-0.25, -0.2) is 4.98 Å². The Kier molecular flexibility index (Phi) is 4.80. The quantitative estimate of drug-likeness (QED) is 0.162. The highest BCUT2D eigenvalue weighted by molar-refractivity contribution is 6.16. The second kappa shape index (κ2) is 8.61. The van der Waals surface area contributed by atoms with Gasteiger partial charge in [0.25, 0.3) is 0 Å². The van der Waals surface area contributed by atoms with E-state index in [0.717, 1.165) is 38.5 Å². The molecule has 5 aromatic carbocycles. The van der Waals surface area contributed by atoms with Crippen LogP contribution in [0.4, 0.5) is 0 Å². The van der Waals surface area contributed by atoms with Crippen molar-refractivity contribution in [3.63, 3.8) is 0 Å². The first kappa shape index (κ1) is 23.4. The van der Waals surface area contributed by atoms with E-state index < -0.39 is 0 Å². The predicted molar refractivity (Wildman–Crippen MR) is 173 cm³/mol. The van der Waals surface area contributed by atoms with Crippen molar-refractivity contribution >= 4 is 43.5 Å². The second-order valence-electron chi connectivity index (χ2n) is 11.6. The average Bonchev–Trinajstić information content (AvgIpc) is 3.34. The first-order valence-corrected chi connectivity index (χ1v) is 14.4. The van der Waals surface area contributed by atoms with Gasteiger partial charge < -0.3 is 4.74 Å². The minimum Gasteiger partial charge on any atom is -0.482 e. The molecule has 3 nitrogen and oxygen atoms in total. The van der Waals surface area contributed by atoms with E-state index in [2.05, 4.69) is 128 Å². The number of para-hydroxylation sites is 1. The van der Waals surface area contributed by atoms with Gasteiger partial charge >= 0.3 is 0 Å². The number of allylic oxidation sites excluding steroid dienone is 2. The smallest absolute Gasteiger partial charge is 0.135 e. The maximum atomic E-state index is 6.46. The summed E-state index contributed by atoms with van der Waals surface area (Å²) in [7, 11) is 0. The summed E-state index contributed by atoms with van der Waals surface area (Å²) in [5, 5.41) is 5.78. The van der Waals surface area contributed by atoms with Gasteiger partial charge in [0.2, 0.25) is 0 Å². The Bertz CT molecular complexity index is 2310. The summed E-state index contributed by atoms with van der Waals surface area (Å²) >= 11 is 0.